The van der Waals surface area contributed by atoms with E-state index in [0.717, 1.165) is 5.69 Å². The molecule has 3 rings (SSSR count). The quantitative estimate of drug-likeness (QED) is 0.522. The number of benzene rings is 1. The van der Waals surface area contributed by atoms with E-state index in [2.05, 4.69) is 4.98 Å². The third-order valence-electron chi connectivity index (χ3n) is 2.27. The number of aromatic nitrogens is 2. The maximum Gasteiger partial charge on any atom is 0.273 e. The molecule has 0 saturated heterocycles. The Bertz CT molecular complexity index is 633. The summed E-state index contributed by atoms with van der Waals surface area (Å²) in [6.07, 6.45) is 1.61. The summed E-state index contributed by atoms with van der Waals surface area (Å²) in [5.74, 6) is 0. The van der Waals surface area contributed by atoms with Crippen molar-refractivity contribution in [2.45, 2.75) is 10.1 Å². The Kier molecular flexibility index (Phi) is 1.63. The molecule has 0 radical (unpaired) electrons. The van der Waals surface area contributed by atoms with E-state index in [1.165, 1.54) is 6.07 Å². The lowest BCUT2D eigenvalue weighted by Gasteiger charge is -2.00. The van der Waals surface area contributed by atoms with Crippen LogP contribution in [0.3, 0.4) is 0 Å². The number of hydrogen-bond acceptors (Lipinski definition) is 3. The van der Waals surface area contributed by atoms with Gasteiger partial charge in [-0.3, -0.25) is 9.36 Å². The van der Waals surface area contributed by atoms with Gasteiger partial charge >= 0.3 is 0 Å². The normalized spacial score (nSPS) is 17.2. The molecule has 1 unspecified atom stereocenters. The highest BCUT2D eigenvalue weighted by atomic mass is 32.2. The van der Waals surface area contributed by atoms with Crippen LogP contribution in [0.1, 0.15) is 0 Å². The van der Waals surface area contributed by atoms with Crippen molar-refractivity contribution in [2.75, 3.05) is 0 Å². The summed E-state index contributed by atoms with van der Waals surface area (Å²) in [4.78, 5) is 15.5. The minimum atomic E-state index is -1.33. The molecule has 2 heterocycles. The second-order valence-electron chi connectivity index (χ2n) is 3.15. The minimum absolute atomic E-state index is 0.309. The number of fused-ring (bicyclic) bond motifs is 3. The average Bonchev–Trinajstić information content (AvgIpc) is 2.54. The van der Waals surface area contributed by atoms with Crippen LogP contribution in [0.2, 0.25) is 0 Å². The molecule has 15 heavy (non-hydrogen) atoms. The molecular formula is C10H6N2O2S. The van der Waals surface area contributed by atoms with E-state index in [9.17, 15) is 9.00 Å². The second-order valence-corrected chi connectivity index (χ2v) is 4.50. The third-order valence-corrected chi connectivity index (χ3v) is 3.63. The fourth-order valence-electron chi connectivity index (χ4n) is 1.61. The van der Waals surface area contributed by atoms with Gasteiger partial charge in [-0.05, 0) is 12.1 Å². The molecule has 1 atom stereocenters. The molecule has 4 nitrogen and oxygen atoms in total. The van der Waals surface area contributed by atoms with Gasteiger partial charge in [-0.25, -0.2) is 4.21 Å². The van der Waals surface area contributed by atoms with Crippen molar-refractivity contribution < 1.29 is 4.21 Å². The Labute approximate surface area is 87.7 Å². The first-order valence-electron chi connectivity index (χ1n) is 4.38. The second kappa shape index (κ2) is 2.87. The van der Waals surface area contributed by atoms with E-state index in [4.69, 9.17) is 0 Å². The summed E-state index contributed by atoms with van der Waals surface area (Å²) in [7, 11) is -1.33. The van der Waals surface area contributed by atoms with Gasteiger partial charge in [0.15, 0.2) is 0 Å². The van der Waals surface area contributed by atoms with E-state index in [1.54, 1.807) is 16.8 Å². The maximum absolute atomic E-state index is 11.9. The molecular weight excluding hydrogens is 212 g/mol. The Morgan fingerprint density at radius 1 is 1.20 bits per heavy atom. The van der Waals surface area contributed by atoms with E-state index >= 15 is 0 Å². The molecule has 2 aromatic rings. The number of nitrogens with zero attached hydrogens (tertiary/aromatic N) is 2. The molecule has 0 bridgehead atoms. The minimum Gasteiger partial charge on any atom is -0.293 e. The van der Waals surface area contributed by atoms with Gasteiger partial charge in [0.25, 0.3) is 5.56 Å². The van der Waals surface area contributed by atoms with E-state index in [-0.39, 0.29) is 5.56 Å². The molecule has 0 fully saturated rings. The average molecular weight is 218 g/mol. The van der Waals surface area contributed by atoms with E-state index < -0.39 is 10.8 Å². The molecule has 74 valence electrons. The number of para-hydroxylation sites is 1. The van der Waals surface area contributed by atoms with Crippen LogP contribution in [0.25, 0.3) is 5.69 Å². The SMILES string of the molecule is O=c1ccn2c(n1)S(=O)c1ccccc1-2. The summed E-state index contributed by atoms with van der Waals surface area (Å²) in [6.45, 7) is 0. The van der Waals surface area contributed by atoms with Crippen LogP contribution in [-0.2, 0) is 10.8 Å². The van der Waals surface area contributed by atoms with Gasteiger partial charge in [0.2, 0.25) is 5.16 Å². The largest absolute Gasteiger partial charge is 0.293 e. The molecule has 1 aromatic heterocycles. The molecule has 1 aliphatic heterocycles. The van der Waals surface area contributed by atoms with Gasteiger partial charge in [0, 0.05) is 12.3 Å². The van der Waals surface area contributed by atoms with Crippen LogP contribution in [-0.4, -0.2) is 13.8 Å². The smallest absolute Gasteiger partial charge is 0.273 e. The van der Waals surface area contributed by atoms with Gasteiger partial charge in [0.1, 0.15) is 10.8 Å². The monoisotopic (exact) mass is 218 g/mol. The van der Waals surface area contributed by atoms with Gasteiger partial charge in [-0.1, -0.05) is 12.1 Å². The molecule has 0 saturated carbocycles. The van der Waals surface area contributed by atoms with Crippen LogP contribution in [0, 0.1) is 0 Å². The third kappa shape index (κ3) is 1.10. The fourth-order valence-corrected chi connectivity index (χ4v) is 2.88. The highest BCUT2D eigenvalue weighted by Crippen LogP contribution is 2.29. The van der Waals surface area contributed by atoms with Gasteiger partial charge < -0.3 is 0 Å². The van der Waals surface area contributed by atoms with Crippen molar-refractivity contribution in [1.82, 2.24) is 9.55 Å². The molecule has 0 aliphatic carbocycles. The summed E-state index contributed by atoms with van der Waals surface area (Å²) < 4.78 is 13.6. The zero-order valence-corrected chi connectivity index (χ0v) is 8.40. The first-order chi connectivity index (χ1) is 7.27. The molecule has 0 amide bonds. The van der Waals surface area contributed by atoms with Gasteiger partial charge in [-0.15, -0.1) is 0 Å². The lowest BCUT2D eigenvalue weighted by molar-refractivity contribution is 0.675. The predicted octanol–water partition coefficient (Wildman–Crippen LogP) is 0.713. The Hall–Kier alpha value is -1.75. The standard InChI is InChI=1S/C10H6N2O2S/c13-9-5-6-12-7-3-1-2-4-8(7)15(14)10(12)11-9/h1-6H. The van der Waals surface area contributed by atoms with Crippen LogP contribution in [0.5, 0.6) is 0 Å². The van der Waals surface area contributed by atoms with Crippen molar-refractivity contribution in [3.63, 3.8) is 0 Å². The number of hydrogen-bond donors (Lipinski definition) is 0. The Morgan fingerprint density at radius 3 is 2.87 bits per heavy atom. The Balaban J connectivity index is 2.42. The Morgan fingerprint density at radius 2 is 2.00 bits per heavy atom. The molecule has 0 N–H and O–H groups in total. The van der Waals surface area contributed by atoms with E-state index in [0.29, 0.717) is 10.1 Å². The van der Waals surface area contributed by atoms with Crippen LogP contribution >= 0.6 is 0 Å². The lowest BCUT2D eigenvalue weighted by atomic mass is 10.3. The van der Waals surface area contributed by atoms with Crippen molar-refractivity contribution in [2.24, 2.45) is 0 Å². The first-order valence-corrected chi connectivity index (χ1v) is 5.53. The van der Waals surface area contributed by atoms with Gasteiger partial charge in [0.05, 0.1) is 10.6 Å². The predicted molar refractivity (Wildman–Crippen MR) is 54.5 cm³/mol. The summed E-state index contributed by atoms with van der Waals surface area (Å²) in [6, 6.07) is 8.69. The molecule has 0 spiro atoms. The molecule has 1 aromatic carbocycles. The summed E-state index contributed by atoms with van der Waals surface area (Å²) in [5.41, 5.74) is 0.473. The highest BCUT2D eigenvalue weighted by Gasteiger charge is 2.25. The van der Waals surface area contributed by atoms with Crippen LogP contribution in [0.4, 0.5) is 0 Å². The van der Waals surface area contributed by atoms with Crippen molar-refractivity contribution in [3.8, 4) is 5.69 Å². The zero-order valence-electron chi connectivity index (χ0n) is 7.58. The lowest BCUT2D eigenvalue weighted by Crippen LogP contribution is -2.11. The van der Waals surface area contributed by atoms with Gasteiger partial charge in [-0.2, -0.15) is 4.98 Å². The molecule has 1 aliphatic rings. The summed E-state index contributed by atoms with van der Waals surface area (Å²) in [5, 5.41) is 0.309. The topological polar surface area (TPSA) is 52.0 Å². The zero-order chi connectivity index (χ0) is 10.4. The van der Waals surface area contributed by atoms with Crippen molar-refractivity contribution >= 4 is 10.8 Å². The van der Waals surface area contributed by atoms with Crippen LogP contribution in [0.15, 0.2) is 51.4 Å². The van der Waals surface area contributed by atoms with E-state index in [1.807, 2.05) is 18.2 Å². The summed E-state index contributed by atoms with van der Waals surface area (Å²) >= 11 is 0. The first kappa shape index (κ1) is 8.55. The van der Waals surface area contributed by atoms with Crippen LogP contribution < -0.4 is 5.56 Å². The number of rotatable bonds is 0. The van der Waals surface area contributed by atoms with Crippen molar-refractivity contribution in [1.29, 1.82) is 0 Å². The molecule has 5 heteroatoms. The highest BCUT2D eigenvalue weighted by molar-refractivity contribution is 7.85. The fraction of sp³-hybridized carbons (Fsp3) is 0. The maximum atomic E-state index is 11.9. The van der Waals surface area contributed by atoms with Crippen molar-refractivity contribution in [3.05, 3.63) is 46.9 Å².